The quantitative estimate of drug-likeness (QED) is 0.349. The second-order valence-corrected chi connectivity index (χ2v) is 4.11. The summed E-state index contributed by atoms with van der Waals surface area (Å²) in [6.45, 7) is 9.53. The molecular formula is C10H26N2O3Si. The summed E-state index contributed by atoms with van der Waals surface area (Å²) in [7, 11) is 1.67. The van der Waals surface area contributed by atoms with E-state index in [1.165, 1.54) is 0 Å². The minimum atomic E-state index is -0.0756. The average Bonchev–Trinajstić information content (AvgIpc) is 2.37. The van der Waals surface area contributed by atoms with E-state index in [2.05, 4.69) is 21.3 Å². The maximum Gasteiger partial charge on any atom is 0.157 e. The standard InChI is InChI=1S/2C4H9NO.C2H8OSi/c2*1-3-4(2)5-6;1-3-4-2/h2*6H,3H2,1-2H3;4H2,1-2H3. The number of nitrogens with zero attached hydrogens (tertiary/aromatic N) is 2. The van der Waals surface area contributed by atoms with Crippen LogP contribution in [0.25, 0.3) is 0 Å². The van der Waals surface area contributed by atoms with Gasteiger partial charge in [-0.3, -0.25) is 0 Å². The second kappa shape index (κ2) is 19.7. The monoisotopic (exact) mass is 250 g/mol. The Labute approximate surface area is 101 Å². The van der Waals surface area contributed by atoms with Crippen molar-refractivity contribution >= 4 is 21.2 Å². The van der Waals surface area contributed by atoms with Crippen molar-refractivity contribution in [2.75, 3.05) is 7.11 Å². The Morgan fingerprint density at radius 3 is 1.31 bits per heavy atom. The molecule has 0 aromatic rings. The Morgan fingerprint density at radius 2 is 1.31 bits per heavy atom. The molecule has 0 aliphatic carbocycles. The fraction of sp³-hybridized carbons (Fsp3) is 0.800. The lowest BCUT2D eigenvalue weighted by Gasteiger charge is -1.81. The van der Waals surface area contributed by atoms with Crippen LogP contribution in [-0.4, -0.2) is 38.7 Å². The highest BCUT2D eigenvalue weighted by Gasteiger charge is 1.78. The summed E-state index contributed by atoms with van der Waals surface area (Å²) in [5.74, 6) is 0. The average molecular weight is 250 g/mol. The van der Waals surface area contributed by atoms with Crippen LogP contribution in [-0.2, 0) is 4.43 Å². The Morgan fingerprint density at radius 1 is 1.06 bits per heavy atom. The van der Waals surface area contributed by atoms with Crippen LogP contribution in [0.1, 0.15) is 40.5 Å². The molecule has 0 unspecified atom stereocenters. The predicted molar refractivity (Wildman–Crippen MR) is 71.8 cm³/mol. The lowest BCUT2D eigenvalue weighted by atomic mass is 10.3. The number of oxime groups is 2. The van der Waals surface area contributed by atoms with Gasteiger partial charge in [-0.1, -0.05) is 30.7 Å². The minimum absolute atomic E-state index is 0.0756. The van der Waals surface area contributed by atoms with E-state index in [1.807, 2.05) is 13.8 Å². The van der Waals surface area contributed by atoms with Crippen LogP contribution in [0.2, 0.25) is 6.55 Å². The maximum absolute atomic E-state index is 7.92. The molecular weight excluding hydrogens is 224 g/mol. The molecule has 0 radical (unpaired) electrons. The molecule has 0 fully saturated rings. The molecule has 0 aromatic carbocycles. The third kappa shape index (κ3) is 29.2. The fourth-order valence-corrected chi connectivity index (χ4v) is 0.141. The summed E-state index contributed by atoms with van der Waals surface area (Å²) in [5.41, 5.74) is 1.55. The summed E-state index contributed by atoms with van der Waals surface area (Å²) in [4.78, 5) is 0. The van der Waals surface area contributed by atoms with Crippen molar-refractivity contribution in [3.8, 4) is 0 Å². The Hall–Kier alpha value is -0.883. The van der Waals surface area contributed by atoms with E-state index in [0.717, 1.165) is 24.3 Å². The first-order valence-electron chi connectivity index (χ1n) is 5.37. The van der Waals surface area contributed by atoms with Crippen molar-refractivity contribution in [3.05, 3.63) is 0 Å². The van der Waals surface area contributed by atoms with Crippen LogP contribution in [0, 0.1) is 0 Å². The van der Waals surface area contributed by atoms with Gasteiger partial charge in [0.2, 0.25) is 0 Å². The maximum atomic E-state index is 7.92. The largest absolute Gasteiger partial charge is 0.427 e. The highest BCUT2D eigenvalue weighted by atomic mass is 28.2. The SMILES string of the molecule is CCC(C)=NO.CCC(C)=NO.CO[SiH2]C. The van der Waals surface area contributed by atoms with Gasteiger partial charge in [0.15, 0.2) is 9.76 Å². The van der Waals surface area contributed by atoms with Gasteiger partial charge < -0.3 is 14.8 Å². The normalized spacial score (nSPS) is 11.6. The summed E-state index contributed by atoms with van der Waals surface area (Å²) < 4.78 is 4.68. The minimum Gasteiger partial charge on any atom is -0.427 e. The van der Waals surface area contributed by atoms with Crippen molar-refractivity contribution in [1.29, 1.82) is 0 Å². The molecule has 0 heterocycles. The Kier molecular flexibility index (Phi) is 25.2. The molecule has 5 nitrogen and oxygen atoms in total. The molecule has 0 atom stereocenters. The van der Waals surface area contributed by atoms with Gasteiger partial charge in [0, 0.05) is 7.11 Å². The first-order chi connectivity index (χ1) is 7.53. The van der Waals surface area contributed by atoms with Crippen molar-refractivity contribution < 1.29 is 14.8 Å². The van der Waals surface area contributed by atoms with Gasteiger partial charge in [-0.15, -0.1) is 0 Å². The summed E-state index contributed by atoms with van der Waals surface area (Å²) in [5, 5.41) is 21.7. The van der Waals surface area contributed by atoms with E-state index in [-0.39, 0.29) is 9.76 Å². The fourth-order valence-electron chi connectivity index (χ4n) is 0.141. The summed E-state index contributed by atoms with van der Waals surface area (Å²) in [6.07, 6.45) is 1.66. The van der Waals surface area contributed by atoms with Crippen LogP contribution in [0.3, 0.4) is 0 Å². The molecule has 0 aromatic heterocycles. The van der Waals surface area contributed by atoms with Crippen LogP contribution in [0.4, 0.5) is 0 Å². The zero-order valence-corrected chi connectivity index (χ0v) is 12.7. The van der Waals surface area contributed by atoms with E-state index in [9.17, 15) is 0 Å². The molecule has 0 saturated carbocycles. The molecule has 0 aliphatic heterocycles. The molecule has 0 rings (SSSR count). The van der Waals surface area contributed by atoms with Gasteiger partial charge in [0.25, 0.3) is 0 Å². The van der Waals surface area contributed by atoms with Crippen LogP contribution in [0.15, 0.2) is 10.3 Å². The molecule has 6 heteroatoms. The van der Waals surface area contributed by atoms with Gasteiger partial charge in [0.05, 0.1) is 11.4 Å². The molecule has 0 saturated heterocycles. The molecule has 0 amide bonds. The Balaban J connectivity index is -0.000000162. The van der Waals surface area contributed by atoms with Gasteiger partial charge >= 0.3 is 0 Å². The first kappa shape index (κ1) is 20.5. The summed E-state index contributed by atoms with van der Waals surface area (Å²) >= 11 is 0. The van der Waals surface area contributed by atoms with Crippen LogP contribution < -0.4 is 0 Å². The smallest absolute Gasteiger partial charge is 0.157 e. The van der Waals surface area contributed by atoms with Gasteiger partial charge in [-0.05, 0) is 26.7 Å². The topological polar surface area (TPSA) is 74.4 Å². The van der Waals surface area contributed by atoms with Gasteiger partial charge in [0.1, 0.15) is 0 Å². The first-order valence-corrected chi connectivity index (χ1v) is 7.36. The van der Waals surface area contributed by atoms with Crippen molar-refractivity contribution in [3.63, 3.8) is 0 Å². The zero-order chi connectivity index (χ0) is 13.4. The number of rotatable bonds is 3. The van der Waals surface area contributed by atoms with Gasteiger partial charge in [-0.2, -0.15) is 0 Å². The van der Waals surface area contributed by atoms with Crippen molar-refractivity contribution in [2.24, 2.45) is 10.3 Å². The van der Waals surface area contributed by atoms with Crippen molar-refractivity contribution in [1.82, 2.24) is 0 Å². The van der Waals surface area contributed by atoms with E-state index in [1.54, 1.807) is 21.0 Å². The summed E-state index contributed by atoms with van der Waals surface area (Å²) in [6, 6.07) is 0. The molecule has 2 N–H and O–H groups in total. The molecule has 16 heavy (non-hydrogen) atoms. The van der Waals surface area contributed by atoms with E-state index in [4.69, 9.17) is 10.4 Å². The van der Waals surface area contributed by atoms with E-state index in [0.29, 0.717) is 0 Å². The highest BCUT2D eigenvalue weighted by Crippen LogP contribution is 1.78. The molecule has 0 aliphatic rings. The molecule has 0 bridgehead atoms. The zero-order valence-electron chi connectivity index (χ0n) is 11.3. The lowest BCUT2D eigenvalue weighted by molar-refractivity contribution is 0.317. The molecule has 98 valence electrons. The van der Waals surface area contributed by atoms with E-state index < -0.39 is 0 Å². The van der Waals surface area contributed by atoms with Gasteiger partial charge in [-0.25, -0.2) is 0 Å². The number of hydrogen-bond acceptors (Lipinski definition) is 5. The van der Waals surface area contributed by atoms with E-state index >= 15 is 0 Å². The predicted octanol–water partition coefficient (Wildman–Crippen LogP) is 2.26. The third-order valence-corrected chi connectivity index (χ3v) is 2.23. The van der Waals surface area contributed by atoms with Crippen LogP contribution in [0.5, 0.6) is 0 Å². The van der Waals surface area contributed by atoms with Crippen molar-refractivity contribution in [2.45, 2.75) is 47.1 Å². The molecule has 0 spiro atoms. The highest BCUT2D eigenvalue weighted by molar-refractivity contribution is 6.24. The third-order valence-electron chi connectivity index (χ3n) is 1.65. The number of hydrogen-bond donors (Lipinski definition) is 2. The second-order valence-electron chi connectivity index (χ2n) is 2.96. The lowest BCUT2D eigenvalue weighted by Crippen LogP contribution is -1.83. The van der Waals surface area contributed by atoms with Crippen LogP contribution >= 0.6 is 0 Å². The Bertz CT molecular complexity index is 165.